The summed E-state index contributed by atoms with van der Waals surface area (Å²) < 4.78 is 2.99. The lowest BCUT2D eigenvalue weighted by Crippen LogP contribution is -2.13. The minimum absolute atomic E-state index is 0.486. The molecule has 3 nitrogen and oxygen atoms in total. The molecule has 0 saturated carbocycles. The van der Waals surface area contributed by atoms with Gasteiger partial charge in [-0.05, 0) is 35.0 Å². The highest BCUT2D eigenvalue weighted by molar-refractivity contribution is 9.10. The summed E-state index contributed by atoms with van der Waals surface area (Å²) in [6, 6.07) is 3.92. The minimum atomic E-state index is 0.486. The third-order valence-electron chi connectivity index (χ3n) is 2.24. The van der Waals surface area contributed by atoms with Crippen LogP contribution in [0.4, 0.5) is 0 Å². The van der Waals surface area contributed by atoms with Gasteiger partial charge in [0.1, 0.15) is 0 Å². The van der Waals surface area contributed by atoms with Gasteiger partial charge in [0, 0.05) is 12.6 Å². The topological polar surface area (TPSA) is 43.3 Å². The van der Waals surface area contributed by atoms with Crippen molar-refractivity contribution in [3.05, 3.63) is 34.2 Å². The van der Waals surface area contributed by atoms with Gasteiger partial charge in [0.05, 0.1) is 20.8 Å². The van der Waals surface area contributed by atoms with E-state index in [1.807, 2.05) is 29.7 Å². The quantitative estimate of drug-likeness (QED) is 0.860. The van der Waals surface area contributed by atoms with Gasteiger partial charge < -0.3 is 10.1 Å². The van der Waals surface area contributed by atoms with Crippen LogP contribution in [0.3, 0.4) is 0 Å². The Labute approximate surface area is 101 Å². The van der Waals surface area contributed by atoms with Crippen molar-refractivity contribution in [1.82, 2.24) is 9.38 Å². The summed E-state index contributed by atoms with van der Waals surface area (Å²) in [6.45, 7) is 1.97. The smallest absolute Gasteiger partial charge is 0.151 e. The Morgan fingerprint density at radius 2 is 2.40 bits per heavy atom. The minimum Gasteiger partial charge on any atom is -0.393 e. The van der Waals surface area contributed by atoms with Crippen LogP contribution in [-0.4, -0.2) is 14.4 Å². The van der Waals surface area contributed by atoms with Crippen LogP contribution in [0.1, 0.15) is 11.4 Å². The molecule has 0 atom stereocenters. The summed E-state index contributed by atoms with van der Waals surface area (Å²) in [5.74, 6) is 0. The lowest BCUT2D eigenvalue weighted by Gasteiger charge is -2.01. The highest BCUT2D eigenvalue weighted by Gasteiger charge is 2.10. The zero-order valence-electron chi connectivity index (χ0n) is 8.20. The number of thiocarbonyl (C=S) groups is 1. The molecule has 0 spiro atoms. The fourth-order valence-electron chi connectivity index (χ4n) is 1.57. The molecule has 15 heavy (non-hydrogen) atoms. The Hall–Kier alpha value is -0.940. The maximum absolute atomic E-state index is 5.56. The predicted molar refractivity (Wildman–Crippen MR) is 68.1 cm³/mol. The molecular weight excluding hydrogens is 274 g/mol. The van der Waals surface area contributed by atoms with E-state index in [1.165, 1.54) is 0 Å². The number of imidazole rings is 1. The molecule has 2 N–H and O–H groups in total. The van der Waals surface area contributed by atoms with Gasteiger partial charge in [0.2, 0.25) is 0 Å². The molecule has 0 saturated heterocycles. The molecule has 0 unspecified atom stereocenters. The highest BCUT2D eigenvalue weighted by atomic mass is 79.9. The molecule has 2 aromatic rings. The van der Waals surface area contributed by atoms with Crippen LogP contribution in [0.25, 0.3) is 5.65 Å². The molecule has 5 heteroatoms. The van der Waals surface area contributed by atoms with Gasteiger partial charge in [0.25, 0.3) is 0 Å². The number of aryl methyl sites for hydroxylation is 1. The average Bonchev–Trinajstić information content (AvgIpc) is 2.45. The van der Waals surface area contributed by atoms with Crippen molar-refractivity contribution < 1.29 is 0 Å². The number of hydrogen-bond donors (Lipinski definition) is 1. The summed E-state index contributed by atoms with van der Waals surface area (Å²) in [4.78, 5) is 4.95. The number of fused-ring (bicyclic) bond motifs is 1. The molecular formula is C10H10BrN3S. The van der Waals surface area contributed by atoms with Gasteiger partial charge in [-0.1, -0.05) is 12.2 Å². The van der Waals surface area contributed by atoms with E-state index in [-0.39, 0.29) is 0 Å². The van der Waals surface area contributed by atoms with E-state index in [0.717, 1.165) is 21.5 Å². The lowest BCUT2D eigenvalue weighted by molar-refractivity contribution is 1.05. The molecule has 0 aliphatic rings. The van der Waals surface area contributed by atoms with Crippen LogP contribution in [0.2, 0.25) is 0 Å². The third-order valence-corrected chi connectivity index (χ3v) is 3.01. The molecule has 2 aromatic heterocycles. The number of aromatic nitrogens is 2. The molecule has 78 valence electrons. The fraction of sp³-hybridized carbons (Fsp3) is 0.200. The molecule has 0 aromatic carbocycles. The van der Waals surface area contributed by atoms with Crippen molar-refractivity contribution in [2.45, 2.75) is 13.3 Å². The van der Waals surface area contributed by atoms with Gasteiger partial charge in [-0.2, -0.15) is 0 Å². The Kier molecular flexibility index (Phi) is 2.75. The van der Waals surface area contributed by atoms with E-state index in [4.69, 9.17) is 18.0 Å². The molecule has 0 bridgehead atoms. The zero-order chi connectivity index (χ0) is 11.0. The maximum Gasteiger partial charge on any atom is 0.151 e. The largest absolute Gasteiger partial charge is 0.393 e. The van der Waals surface area contributed by atoms with Crippen molar-refractivity contribution >= 4 is 38.8 Å². The number of nitrogens with zero attached hydrogens (tertiary/aromatic N) is 2. The van der Waals surface area contributed by atoms with Crippen LogP contribution in [0.5, 0.6) is 0 Å². The number of nitrogens with two attached hydrogens (primary N) is 1. The zero-order valence-corrected chi connectivity index (χ0v) is 10.6. The number of rotatable bonds is 2. The van der Waals surface area contributed by atoms with Gasteiger partial charge in [-0.25, -0.2) is 4.98 Å². The van der Waals surface area contributed by atoms with E-state index >= 15 is 0 Å². The van der Waals surface area contributed by atoms with Crippen molar-refractivity contribution in [3.8, 4) is 0 Å². The molecule has 0 amide bonds. The first-order chi connectivity index (χ1) is 7.09. The lowest BCUT2D eigenvalue weighted by atomic mass is 10.2. The van der Waals surface area contributed by atoms with E-state index < -0.39 is 0 Å². The SMILES string of the molecule is Cc1nc2c(Br)cccn2c1CC(N)=S. The van der Waals surface area contributed by atoms with Crippen LogP contribution in [0, 0.1) is 6.92 Å². The molecule has 2 heterocycles. The van der Waals surface area contributed by atoms with Gasteiger partial charge in [-0.3, -0.25) is 0 Å². The summed E-state index contributed by atoms with van der Waals surface area (Å²) in [7, 11) is 0. The summed E-state index contributed by atoms with van der Waals surface area (Å²) in [5, 5.41) is 0. The Morgan fingerprint density at radius 1 is 1.67 bits per heavy atom. The first-order valence-corrected chi connectivity index (χ1v) is 5.70. The summed E-state index contributed by atoms with van der Waals surface area (Å²) in [5.41, 5.74) is 8.49. The Morgan fingerprint density at radius 3 is 3.07 bits per heavy atom. The standard InChI is InChI=1S/C10H10BrN3S/c1-6-8(5-9(12)15)14-4-2-3-7(11)10(14)13-6/h2-4H,5H2,1H3,(H2,12,15). The molecule has 0 radical (unpaired) electrons. The monoisotopic (exact) mass is 283 g/mol. The van der Waals surface area contributed by atoms with E-state index in [1.54, 1.807) is 0 Å². The van der Waals surface area contributed by atoms with E-state index in [9.17, 15) is 0 Å². The average molecular weight is 284 g/mol. The van der Waals surface area contributed by atoms with Gasteiger partial charge in [0.15, 0.2) is 5.65 Å². The van der Waals surface area contributed by atoms with Crippen LogP contribution < -0.4 is 5.73 Å². The van der Waals surface area contributed by atoms with Gasteiger partial charge >= 0.3 is 0 Å². The van der Waals surface area contributed by atoms with Crippen molar-refractivity contribution in [2.75, 3.05) is 0 Å². The predicted octanol–water partition coefficient (Wildman–Crippen LogP) is 2.23. The number of halogens is 1. The first kappa shape index (κ1) is 10.6. The van der Waals surface area contributed by atoms with Crippen LogP contribution in [0.15, 0.2) is 22.8 Å². The van der Waals surface area contributed by atoms with Crippen LogP contribution >= 0.6 is 28.1 Å². The summed E-state index contributed by atoms with van der Waals surface area (Å²) >= 11 is 8.39. The first-order valence-electron chi connectivity index (χ1n) is 4.50. The Bertz CT molecular complexity index is 533. The second-order valence-corrected chi connectivity index (χ2v) is 4.72. The van der Waals surface area contributed by atoms with Crippen LogP contribution in [-0.2, 0) is 6.42 Å². The van der Waals surface area contributed by atoms with Crippen molar-refractivity contribution in [1.29, 1.82) is 0 Å². The maximum atomic E-state index is 5.56. The second kappa shape index (κ2) is 3.90. The molecule has 0 aliphatic heterocycles. The van der Waals surface area contributed by atoms with E-state index in [0.29, 0.717) is 11.4 Å². The second-order valence-electron chi connectivity index (χ2n) is 3.34. The molecule has 2 rings (SSSR count). The molecule has 0 fully saturated rings. The third kappa shape index (κ3) is 1.89. The van der Waals surface area contributed by atoms with Gasteiger partial charge in [-0.15, -0.1) is 0 Å². The van der Waals surface area contributed by atoms with Crippen molar-refractivity contribution in [2.24, 2.45) is 5.73 Å². The number of pyridine rings is 1. The van der Waals surface area contributed by atoms with E-state index in [2.05, 4.69) is 20.9 Å². The number of hydrogen-bond acceptors (Lipinski definition) is 2. The fourth-order valence-corrected chi connectivity index (χ4v) is 2.14. The highest BCUT2D eigenvalue weighted by Crippen LogP contribution is 2.20. The normalized spacial score (nSPS) is 10.8. The summed E-state index contributed by atoms with van der Waals surface area (Å²) in [6.07, 6.45) is 2.55. The Balaban J connectivity index is 2.68. The molecule has 0 aliphatic carbocycles. The van der Waals surface area contributed by atoms with Crippen molar-refractivity contribution in [3.63, 3.8) is 0 Å².